The average Bonchev–Trinajstić information content (AvgIpc) is 3.67. The molecule has 1 unspecified atom stereocenters. The van der Waals surface area contributed by atoms with Crippen LogP contribution in [0.1, 0.15) is 77.4 Å². The minimum absolute atomic E-state index is 0.0633. The third-order valence-corrected chi connectivity index (χ3v) is 7.59. The normalized spacial score (nSPS) is 18.8. The van der Waals surface area contributed by atoms with Crippen molar-refractivity contribution in [2.24, 2.45) is 5.16 Å². The lowest BCUT2D eigenvalue weighted by molar-refractivity contribution is 0.0839. The smallest absolute Gasteiger partial charge is 0.282 e. The number of aliphatic hydroxyl groups is 1. The van der Waals surface area contributed by atoms with E-state index in [0.717, 1.165) is 51.1 Å². The van der Waals surface area contributed by atoms with Crippen LogP contribution in [0, 0.1) is 0 Å². The van der Waals surface area contributed by atoms with E-state index in [1.54, 1.807) is 17.5 Å². The Kier molecular flexibility index (Phi) is 7.56. The zero-order valence-corrected chi connectivity index (χ0v) is 20.5. The lowest BCUT2D eigenvalue weighted by atomic mass is 9.97. The van der Waals surface area contributed by atoms with Crippen molar-refractivity contribution in [2.75, 3.05) is 13.1 Å². The second kappa shape index (κ2) is 11.0. The second-order valence-electron chi connectivity index (χ2n) is 8.91. The van der Waals surface area contributed by atoms with E-state index >= 15 is 0 Å². The molecule has 1 fully saturated rings. The van der Waals surface area contributed by atoms with E-state index < -0.39 is 24.2 Å². The van der Waals surface area contributed by atoms with Crippen LogP contribution in [-0.2, 0) is 11.4 Å². The minimum Gasteiger partial charge on any atom is -0.392 e. The zero-order chi connectivity index (χ0) is 25.9. The molecule has 1 N–H and O–H groups in total. The number of aromatic nitrogens is 3. The van der Waals surface area contributed by atoms with E-state index in [1.165, 1.54) is 6.20 Å². The monoisotopic (exact) mass is 535 g/mol. The van der Waals surface area contributed by atoms with Crippen molar-refractivity contribution in [1.29, 1.82) is 0 Å². The Morgan fingerprint density at radius 1 is 1.11 bits per heavy atom. The van der Waals surface area contributed by atoms with Gasteiger partial charge in [0.05, 0.1) is 17.3 Å². The summed E-state index contributed by atoms with van der Waals surface area (Å²) < 4.78 is 52.9. The van der Waals surface area contributed by atoms with E-state index in [1.807, 2.05) is 34.5 Å². The number of thiazole rings is 1. The number of hydrogen-bond acceptors (Lipinski definition) is 7. The van der Waals surface area contributed by atoms with Crippen LogP contribution in [0.4, 0.5) is 17.6 Å². The summed E-state index contributed by atoms with van der Waals surface area (Å²) in [7, 11) is 0. The summed E-state index contributed by atoms with van der Waals surface area (Å²) in [6.45, 7) is 1.28. The van der Waals surface area contributed by atoms with Crippen LogP contribution in [0.5, 0.6) is 0 Å². The van der Waals surface area contributed by atoms with Gasteiger partial charge in [-0.1, -0.05) is 29.4 Å². The molecule has 0 bridgehead atoms. The van der Waals surface area contributed by atoms with Gasteiger partial charge in [-0.25, -0.2) is 27.2 Å². The van der Waals surface area contributed by atoms with Crippen LogP contribution in [0.3, 0.4) is 0 Å². The molecule has 3 aromatic rings. The summed E-state index contributed by atoms with van der Waals surface area (Å²) >= 11 is 1.58. The largest absolute Gasteiger partial charge is 0.392 e. The standard InChI is InChI=1S/C25H25F4N5O2S/c26-23(27)19-11-21(24(28)29)34(31-19)10-9-33-7-5-15(6-8-33)25-30-20(14-37-25)18-12-22(36-32-18)17-4-2-1-3-16(17)13-35/h1-4,9-11,14-15,22-24,35H,5-8,12-13H2/b10-9+. The van der Waals surface area contributed by atoms with Crippen LogP contribution in [-0.4, -0.2) is 43.6 Å². The number of nitrogens with zero attached hydrogens (tertiary/aromatic N) is 5. The molecule has 12 heteroatoms. The number of halogens is 4. The Hall–Kier alpha value is -3.25. The van der Waals surface area contributed by atoms with Crippen LogP contribution in [0.15, 0.2) is 47.1 Å². The molecule has 2 aromatic heterocycles. The van der Waals surface area contributed by atoms with Crippen molar-refractivity contribution in [3.63, 3.8) is 0 Å². The van der Waals surface area contributed by atoms with Crippen LogP contribution in [0.25, 0.3) is 6.20 Å². The van der Waals surface area contributed by atoms with E-state index in [4.69, 9.17) is 9.82 Å². The van der Waals surface area contributed by atoms with Gasteiger partial charge in [0.15, 0.2) is 6.10 Å². The molecule has 2 aliphatic rings. The first-order chi connectivity index (χ1) is 17.9. The Morgan fingerprint density at radius 3 is 2.62 bits per heavy atom. The number of aliphatic hydroxyl groups excluding tert-OH is 1. The molecule has 4 heterocycles. The quantitative estimate of drug-likeness (QED) is 0.365. The van der Waals surface area contributed by atoms with Crippen molar-refractivity contribution in [2.45, 2.75) is 50.7 Å². The molecule has 1 saturated heterocycles. The van der Waals surface area contributed by atoms with E-state index in [-0.39, 0.29) is 18.6 Å². The van der Waals surface area contributed by atoms with Crippen molar-refractivity contribution < 1.29 is 27.5 Å². The summed E-state index contributed by atoms with van der Waals surface area (Å²) in [4.78, 5) is 12.4. The van der Waals surface area contributed by atoms with Gasteiger partial charge in [-0.15, -0.1) is 11.3 Å². The van der Waals surface area contributed by atoms with Crippen LogP contribution in [0.2, 0.25) is 0 Å². The zero-order valence-electron chi connectivity index (χ0n) is 19.7. The fourth-order valence-electron chi connectivity index (χ4n) is 4.57. The number of oxime groups is 1. The number of piperidine rings is 1. The lowest BCUT2D eigenvalue weighted by Crippen LogP contribution is -2.28. The molecule has 2 aliphatic heterocycles. The lowest BCUT2D eigenvalue weighted by Gasteiger charge is -2.30. The maximum atomic E-state index is 13.2. The predicted molar refractivity (Wildman–Crippen MR) is 130 cm³/mol. The highest BCUT2D eigenvalue weighted by molar-refractivity contribution is 7.10. The molecule has 7 nitrogen and oxygen atoms in total. The van der Waals surface area contributed by atoms with Gasteiger partial charge >= 0.3 is 0 Å². The molecule has 0 amide bonds. The maximum absolute atomic E-state index is 13.2. The number of alkyl halides is 4. The number of benzene rings is 1. The third-order valence-electron chi connectivity index (χ3n) is 6.59. The maximum Gasteiger partial charge on any atom is 0.282 e. The Morgan fingerprint density at radius 2 is 1.89 bits per heavy atom. The molecule has 1 aromatic carbocycles. The number of hydrogen-bond donors (Lipinski definition) is 1. The molecule has 1 atom stereocenters. The van der Waals surface area contributed by atoms with Gasteiger partial charge in [-0.2, -0.15) is 5.10 Å². The Bertz CT molecular complexity index is 1280. The van der Waals surface area contributed by atoms with Crippen LogP contribution >= 0.6 is 11.3 Å². The highest BCUT2D eigenvalue weighted by atomic mass is 32.1. The molecule has 0 aliphatic carbocycles. The Balaban J connectivity index is 1.18. The summed E-state index contributed by atoms with van der Waals surface area (Å²) in [6, 6.07) is 8.32. The van der Waals surface area contributed by atoms with E-state index in [9.17, 15) is 22.7 Å². The van der Waals surface area contributed by atoms with Crippen LogP contribution < -0.4 is 0 Å². The molecule has 0 spiro atoms. The van der Waals surface area contributed by atoms with Gasteiger partial charge < -0.3 is 14.8 Å². The van der Waals surface area contributed by atoms with E-state index in [0.29, 0.717) is 19.5 Å². The SMILES string of the molecule is OCc1ccccc1C1CC(c2csc(C3CCN(/C=C/n4nc(C(F)F)cc4C(F)F)CC3)n2)=NO1. The average molecular weight is 536 g/mol. The fourth-order valence-corrected chi connectivity index (χ4v) is 5.57. The first-order valence-corrected chi connectivity index (χ1v) is 12.8. The van der Waals surface area contributed by atoms with E-state index in [2.05, 4.69) is 10.3 Å². The van der Waals surface area contributed by atoms with Gasteiger partial charge in [0.2, 0.25) is 0 Å². The Labute approximate surface area is 214 Å². The third kappa shape index (κ3) is 5.54. The molecular formula is C25H25F4N5O2S. The summed E-state index contributed by atoms with van der Waals surface area (Å²) in [6.07, 6.45) is -0.934. The van der Waals surface area contributed by atoms with Gasteiger partial charge in [0.1, 0.15) is 17.1 Å². The summed E-state index contributed by atoms with van der Waals surface area (Å²) in [5.74, 6) is 0.254. The minimum atomic E-state index is -2.91. The molecule has 0 radical (unpaired) electrons. The van der Waals surface area contributed by atoms with Gasteiger partial charge in [0, 0.05) is 48.8 Å². The topological polar surface area (TPSA) is 75.8 Å². The van der Waals surface area contributed by atoms with Gasteiger partial charge in [-0.3, -0.25) is 0 Å². The summed E-state index contributed by atoms with van der Waals surface area (Å²) in [5, 5.41) is 20.4. The first-order valence-electron chi connectivity index (χ1n) is 11.9. The second-order valence-corrected chi connectivity index (χ2v) is 9.80. The highest BCUT2D eigenvalue weighted by Gasteiger charge is 2.28. The van der Waals surface area contributed by atoms with Crippen molar-refractivity contribution in [3.8, 4) is 0 Å². The number of likely N-dealkylation sites (tertiary alicyclic amines) is 1. The molecule has 0 saturated carbocycles. The predicted octanol–water partition coefficient (Wildman–Crippen LogP) is 5.88. The van der Waals surface area contributed by atoms with Crippen molar-refractivity contribution in [1.82, 2.24) is 19.7 Å². The molecular weight excluding hydrogens is 510 g/mol. The van der Waals surface area contributed by atoms with Gasteiger partial charge in [0.25, 0.3) is 12.9 Å². The van der Waals surface area contributed by atoms with Crippen molar-refractivity contribution >= 4 is 23.2 Å². The van der Waals surface area contributed by atoms with Gasteiger partial charge in [-0.05, 0) is 24.5 Å². The number of rotatable bonds is 8. The highest BCUT2D eigenvalue weighted by Crippen LogP contribution is 2.35. The molecule has 196 valence electrons. The molecule has 5 rings (SSSR count). The molecule has 37 heavy (non-hydrogen) atoms. The fraction of sp³-hybridized carbons (Fsp3) is 0.400. The summed E-state index contributed by atoms with van der Waals surface area (Å²) in [5.41, 5.74) is 2.08. The van der Waals surface area contributed by atoms with Crippen molar-refractivity contribution in [3.05, 3.63) is 75.1 Å². The first kappa shape index (κ1) is 25.4.